The Morgan fingerprint density at radius 3 is 2.42 bits per heavy atom. The molecule has 1 aromatic heterocycles. The maximum atomic E-state index is 13.5. The highest BCUT2D eigenvalue weighted by atomic mass is 19.1. The van der Waals surface area contributed by atoms with E-state index in [1.54, 1.807) is 28.6 Å². The number of likely N-dealkylation sites (N-methyl/N-ethyl adjacent to an activating group) is 1. The summed E-state index contributed by atoms with van der Waals surface area (Å²) < 4.78 is 15.3. The zero-order valence-electron chi connectivity index (χ0n) is 21.4. The number of carbonyl (C=O) groups is 2. The topological polar surface area (TPSA) is 67.2 Å². The second-order valence-electron chi connectivity index (χ2n) is 9.49. The van der Waals surface area contributed by atoms with Crippen LogP contribution in [-0.4, -0.2) is 45.9 Å². The number of hydrogen-bond donors (Lipinski definition) is 1. The molecule has 4 aromatic carbocycles. The predicted octanol–water partition coefficient (Wildman–Crippen LogP) is 5.37. The molecule has 0 aliphatic heterocycles. The molecule has 5 rings (SSSR count). The molecule has 0 radical (unpaired) electrons. The molecule has 0 aliphatic rings. The van der Waals surface area contributed by atoms with Gasteiger partial charge in [0.05, 0.1) is 11.0 Å². The van der Waals surface area contributed by atoms with E-state index in [0.29, 0.717) is 30.8 Å². The number of imidazole rings is 1. The lowest BCUT2D eigenvalue weighted by atomic mass is 10.0. The molecule has 0 aliphatic carbocycles. The molecule has 1 atom stereocenters. The Labute approximate surface area is 220 Å². The molecule has 0 saturated heterocycles. The molecule has 0 fully saturated rings. The van der Waals surface area contributed by atoms with Gasteiger partial charge in [-0.15, -0.1) is 0 Å². The van der Waals surface area contributed by atoms with Crippen molar-refractivity contribution >= 4 is 33.6 Å². The summed E-state index contributed by atoms with van der Waals surface area (Å²) >= 11 is 0. The summed E-state index contributed by atoms with van der Waals surface area (Å²) in [5.41, 5.74) is 3.15. The molecule has 0 bridgehead atoms. The average Bonchev–Trinajstić information content (AvgIpc) is 3.29. The van der Waals surface area contributed by atoms with E-state index < -0.39 is 0 Å². The Balaban J connectivity index is 1.32. The van der Waals surface area contributed by atoms with Crippen molar-refractivity contribution in [3.63, 3.8) is 0 Å². The summed E-state index contributed by atoms with van der Waals surface area (Å²) in [5.74, 6) is -0.347. The third kappa shape index (κ3) is 5.27. The Bertz CT molecular complexity index is 1610. The smallest absolute Gasteiger partial charge is 0.287 e. The van der Waals surface area contributed by atoms with E-state index in [1.807, 2.05) is 73.8 Å². The largest absolute Gasteiger partial charge is 0.349 e. The van der Waals surface area contributed by atoms with Crippen LogP contribution in [0.5, 0.6) is 0 Å². The minimum absolute atomic E-state index is 0.107. The first kappa shape index (κ1) is 25.1. The first-order valence-corrected chi connectivity index (χ1v) is 12.6. The monoisotopic (exact) mass is 508 g/mol. The molecule has 5 aromatic rings. The van der Waals surface area contributed by atoms with Crippen LogP contribution in [0.2, 0.25) is 0 Å². The highest BCUT2D eigenvalue weighted by Crippen LogP contribution is 2.20. The number of nitrogens with one attached hydrogen (secondary N) is 1. The van der Waals surface area contributed by atoms with Crippen LogP contribution >= 0.6 is 0 Å². The highest BCUT2D eigenvalue weighted by Gasteiger charge is 2.23. The van der Waals surface area contributed by atoms with Crippen LogP contribution in [0.15, 0.2) is 91.0 Å². The first-order valence-electron chi connectivity index (χ1n) is 12.6. The molecule has 38 heavy (non-hydrogen) atoms. The predicted molar refractivity (Wildman–Crippen MR) is 148 cm³/mol. The summed E-state index contributed by atoms with van der Waals surface area (Å²) in [6.07, 6.45) is 1.04. The van der Waals surface area contributed by atoms with Gasteiger partial charge in [0.25, 0.3) is 11.8 Å². The van der Waals surface area contributed by atoms with Gasteiger partial charge in [0.1, 0.15) is 5.82 Å². The summed E-state index contributed by atoms with van der Waals surface area (Å²) in [4.78, 5) is 32.6. The minimum Gasteiger partial charge on any atom is -0.349 e. The van der Waals surface area contributed by atoms with Gasteiger partial charge in [0.15, 0.2) is 5.82 Å². The molecule has 192 valence electrons. The molecule has 0 saturated carbocycles. The van der Waals surface area contributed by atoms with E-state index >= 15 is 0 Å². The van der Waals surface area contributed by atoms with Crippen LogP contribution in [0, 0.1) is 5.82 Å². The average molecular weight is 509 g/mol. The highest BCUT2D eigenvalue weighted by molar-refractivity contribution is 5.98. The van der Waals surface area contributed by atoms with Gasteiger partial charge in [-0.1, -0.05) is 54.6 Å². The first-order chi connectivity index (χ1) is 18.4. The number of aromatic nitrogens is 2. The van der Waals surface area contributed by atoms with Crippen molar-refractivity contribution < 1.29 is 14.0 Å². The SMILES string of the molecule is CN(C(=O)c1ccc2ccccc2c1)[C@H](CCNC(=O)c1nc2ccccc2n1C)Cc1ccc(F)cc1. The Kier molecular flexibility index (Phi) is 7.18. The van der Waals surface area contributed by atoms with Gasteiger partial charge in [-0.05, 0) is 65.6 Å². The lowest BCUT2D eigenvalue weighted by Gasteiger charge is -2.29. The fourth-order valence-corrected chi connectivity index (χ4v) is 4.80. The number of nitrogens with zero attached hydrogens (tertiary/aromatic N) is 3. The maximum absolute atomic E-state index is 13.5. The van der Waals surface area contributed by atoms with Crippen molar-refractivity contribution in [1.29, 1.82) is 0 Å². The molecule has 1 N–H and O–H groups in total. The fourth-order valence-electron chi connectivity index (χ4n) is 4.80. The van der Waals surface area contributed by atoms with Gasteiger partial charge < -0.3 is 14.8 Å². The van der Waals surface area contributed by atoms with Gasteiger partial charge in [-0.2, -0.15) is 0 Å². The number of halogens is 1. The van der Waals surface area contributed by atoms with Crippen molar-refractivity contribution in [2.75, 3.05) is 13.6 Å². The summed E-state index contributed by atoms with van der Waals surface area (Å²) in [6.45, 7) is 0.350. The summed E-state index contributed by atoms with van der Waals surface area (Å²) in [5, 5.41) is 5.03. The van der Waals surface area contributed by atoms with Crippen molar-refractivity contribution in [3.05, 3.63) is 114 Å². The molecule has 1 heterocycles. The van der Waals surface area contributed by atoms with E-state index in [2.05, 4.69) is 10.3 Å². The van der Waals surface area contributed by atoms with Crippen LogP contribution in [-0.2, 0) is 13.5 Å². The Hall–Kier alpha value is -4.52. The quantitative estimate of drug-likeness (QED) is 0.307. The summed E-state index contributed by atoms with van der Waals surface area (Å²) in [6, 6.07) is 27.3. The zero-order valence-corrected chi connectivity index (χ0v) is 21.4. The third-order valence-electron chi connectivity index (χ3n) is 7.00. The van der Waals surface area contributed by atoms with Crippen LogP contribution in [0.3, 0.4) is 0 Å². The van der Waals surface area contributed by atoms with Crippen LogP contribution in [0.25, 0.3) is 21.8 Å². The van der Waals surface area contributed by atoms with Gasteiger partial charge in [-0.25, -0.2) is 9.37 Å². The normalized spacial score (nSPS) is 12.0. The number of hydrogen-bond acceptors (Lipinski definition) is 3. The summed E-state index contributed by atoms with van der Waals surface area (Å²) in [7, 11) is 3.59. The molecule has 6 nitrogen and oxygen atoms in total. The van der Waals surface area contributed by atoms with Gasteiger partial charge >= 0.3 is 0 Å². The van der Waals surface area contributed by atoms with E-state index in [1.165, 1.54) is 12.1 Å². The third-order valence-corrected chi connectivity index (χ3v) is 7.00. The van der Waals surface area contributed by atoms with Gasteiger partial charge in [0.2, 0.25) is 0 Å². The van der Waals surface area contributed by atoms with E-state index in [9.17, 15) is 14.0 Å². The standard InChI is InChI=1S/C31H29FN4O2/c1-35(31(38)24-14-13-22-7-3-4-8-23(22)20-24)26(19-21-11-15-25(32)16-12-21)17-18-33-30(37)29-34-27-9-5-6-10-28(27)36(29)2/h3-16,20,26H,17-19H2,1-2H3,(H,33,37)/t26-/m1/s1. The number of amides is 2. The van der Waals surface area contributed by atoms with Crippen LogP contribution in [0.1, 0.15) is 33.0 Å². The second kappa shape index (κ2) is 10.8. The maximum Gasteiger partial charge on any atom is 0.287 e. The van der Waals surface area contributed by atoms with Crippen molar-refractivity contribution in [2.24, 2.45) is 7.05 Å². The number of carbonyl (C=O) groups excluding carboxylic acids is 2. The molecule has 0 spiro atoms. The number of para-hydroxylation sites is 2. The number of benzene rings is 4. The van der Waals surface area contributed by atoms with Crippen LogP contribution < -0.4 is 5.32 Å². The van der Waals surface area contributed by atoms with E-state index in [4.69, 9.17) is 0 Å². The molecular weight excluding hydrogens is 479 g/mol. The lowest BCUT2D eigenvalue weighted by Crippen LogP contribution is -2.41. The Morgan fingerprint density at radius 2 is 1.66 bits per heavy atom. The second-order valence-corrected chi connectivity index (χ2v) is 9.49. The van der Waals surface area contributed by atoms with E-state index in [0.717, 1.165) is 27.4 Å². The van der Waals surface area contributed by atoms with Gasteiger partial charge in [0, 0.05) is 32.2 Å². The zero-order chi connectivity index (χ0) is 26.6. The molecule has 0 unspecified atom stereocenters. The van der Waals surface area contributed by atoms with Gasteiger partial charge in [-0.3, -0.25) is 9.59 Å². The fraction of sp³-hybridized carbons (Fsp3) is 0.194. The molecule has 7 heteroatoms. The number of aryl methyl sites for hydroxylation is 1. The van der Waals surface area contributed by atoms with Crippen molar-refractivity contribution in [1.82, 2.24) is 19.8 Å². The molecule has 2 amide bonds. The minimum atomic E-state index is -0.305. The molecular formula is C31H29FN4O2. The number of fused-ring (bicyclic) bond motifs is 2. The van der Waals surface area contributed by atoms with E-state index in [-0.39, 0.29) is 23.7 Å². The number of rotatable bonds is 8. The van der Waals surface area contributed by atoms with Crippen molar-refractivity contribution in [3.8, 4) is 0 Å². The lowest BCUT2D eigenvalue weighted by molar-refractivity contribution is 0.0723. The van der Waals surface area contributed by atoms with Crippen molar-refractivity contribution in [2.45, 2.75) is 18.9 Å². The van der Waals surface area contributed by atoms with Crippen LogP contribution in [0.4, 0.5) is 4.39 Å². The Morgan fingerprint density at radius 1 is 0.947 bits per heavy atom.